The molecule has 0 fully saturated rings. The molecule has 2 aromatic carbocycles. The summed E-state index contributed by atoms with van der Waals surface area (Å²) in [5.74, 6) is 0. The second-order valence-electron chi connectivity index (χ2n) is 3.99. The van der Waals surface area contributed by atoms with Gasteiger partial charge in [0.2, 0.25) is 0 Å². The van der Waals surface area contributed by atoms with E-state index < -0.39 is 9.85 Å². The Labute approximate surface area is 119 Å². The highest BCUT2D eigenvalue weighted by atomic mass is 16.6. The fourth-order valence-electron chi connectivity index (χ4n) is 1.63. The molecule has 0 saturated carbocycles. The molecule has 0 aliphatic carbocycles. The van der Waals surface area contributed by atoms with Gasteiger partial charge in [0, 0.05) is 18.2 Å². The Morgan fingerprint density at radius 2 is 1.76 bits per heavy atom. The number of hydrogen-bond acceptors (Lipinski definition) is 6. The molecular weight excluding hydrogens is 276 g/mol. The lowest BCUT2D eigenvalue weighted by atomic mass is 10.2. The maximum Gasteiger partial charge on any atom is 0.278 e. The molecule has 0 saturated heterocycles. The van der Waals surface area contributed by atoms with Crippen molar-refractivity contribution in [2.24, 2.45) is 5.10 Å². The first-order chi connectivity index (χ1) is 10.1. The lowest BCUT2D eigenvalue weighted by molar-refractivity contribution is -0.385. The van der Waals surface area contributed by atoms with E-state index in [1.807, 2.05) is 0 Å². The highest BCUT2D eigenvalue weighted by Gasteiger charge is 2.10. The van der Waals surface area contributed by atoms with Crippen LogP contribution in [0.15, 0.2) is 53.6 Å². The van der Waals surface area contributed by atoms with Crippen LogP contribution in [0.3, 0.4) is 0 Å². The van der Waals surface area contributed by atoms with Crippen molar-refractivity contribution in [2.45, 2.75) is 0 Å². The summed E-state index contributed by atoms with van der Waals surface area (Å²) >= 11 is 0. The number of nitrogens with zero attached hydrogens (tertiary/aromatic N) is 3. The van der Waals surface area contributed by atoms with E-state index in [9.17, 15) is 20.2 Å². The van der Waals surface area contributed by atoms with Gasteiger partial charge in [0.1, 0.15) is 0 Å². The Morgan fingerprint density at radius 3 is 2.48 bits per heavy atom. The molecule has 0 radical (unpaired) electrons. The van der Waals surface area contributed by atoms with Crippen molar-refractivity contribution < 1.29 is 9.85 Å². The topological polar surface area (TPSA) is 111 Å². The Morgan fingerprint density at radius 1 is 1.00 bits per heavy atom. The third-order valence-corrected chi connectivity index (χ3v) is 2.59. The van der Waals surface area contributed by atoms with Crippen molar-refractivity contribution in [1.82, 2.24) is 0 Å². The summed E-state index contributed by atoms with van der Waals surface area (Å²) in [5.41, 5.74) is 3.21. The monoisotopic (exact) mass is 286 g/mol. The fourth-order valence-corrected chi connectivity index (χ4v) is 1.63. The first-order valence-corrected chi connectivity index (χ1v) is 5.85. The van der Waals surface area contributed by atoms with E-state index in [2.05, 4.69) is 10.5 Å². The zero-order chi connectivity index (χ0) is 15.2. The van der Waals surface area contributed by atoms with Crippen LogP contribution in [-0.4, -0.2) is 16.1 Å². The second-order valence-corrected chi connectivity index (χ2v) is 3.99. The minimum Gasteiger partial charge on any atom is -0.278 e. The zero-order valence-electron chi connectivity index (χ0n) is 10.7. The molecule has 0 atom stereocenters. The third-order valence-electron chi connectivity index (χ3n) is 2.59. The van der Waals surface area contributed by atoms with Crippen LogP contribution < -0.4 is 5.43 Å². The molecule has 2 rings (SSSR count). The average Bonchev–Trinajstić information content (AvgIpc) is 2.48. The van der Waals surface area contributed by atoms with E-state index in [1.165, 1.54) is 30.5 Å². The summed E-state index contributed by atoms with van der Waals surface area (Å²) in [5, 5.41) is 25.3. The van der Waals surface area contributed by atoms with Gasteiger partial charge in [-0.2, -0.15) is 5.10 Å². The highest BCUT2D eigenvalue weighted by molar-refractivity contribution is 5.85. The number of para-hydroxylation sites is 1. The number of rotatable bonds is 5. The van der Waals surface area contributed by atoms with Crippen LogP contribution in [-0.2, 0) is 0 Å². The molecule has 21 heavy (non-hydrogen) atoms. The average molecular weight is 286 g/mol. The zero-order valence-corrected chi connectivity index (χ0v) is 10.7. The van der Waals surface area contributed by atoms with Crippen LogP contribution in [0, 0.1) is 20.2 Å². The summed E-state index contributed by atoms with van der Waals surface area (Å²) in [6.07, 6.45) is 1.29. The van der Waals surface area contributed by atoms with Crippen molar-refractivity contribution in [1.29, 1.82) is 0 Å². The van der Waals surface area contributed by atoms with E-state index in [4.69, 9.17) is 0 Å². The first kappa shape index (κ1) is 14.1. The number of benzene rings is 2. The van der Waals surface area contributed by atoms with Gasteiger partial charge < -0.3 is 0 Å². The second kappa shape index (κ2) is 6.24. The summed E-state index contributed by atoms with van der Waals surface area (Å²) < 4.78 is 0. The molecular formula is C13H10N4O4. The SMILES string of the molecule is O=[N+]([O-])c1cccc(NN=Cc2ccccc2[N+](=O)[O-])c1. The molecule has 0 unspecified atom stereocenters. The van der Waals surface area contributed by atoms with Crippen molar-refractivity contribution in [2.75, 3.05) is 5.43 Å². The van der Waals surface area contributed by atoms with Gasteiger partial charge in [-0.25, -0.2) is 0 Å². The van der Waals surface area contributed by atoms with Crippen molar-refractivity contribution in [3.8, 4) is 0 Å². The van der Waals surface area contributed by atoms with Crippen molar-refractivity contribution in [3.63, 3.8) is 0 Å². The molecule has 8 nitrogen and oxygen atoms in total. The van der Waals surface area contributed by atoms with Gasteiger partial charge in [-0.1, -0.05) is 18.2 Å². The van der Waals surface area contributed by atoms with Crippen LogP contribution in [0.2, 0.25) is 0 Å². The smallest absolute Gasteiger partial charge is 0.278 e. The van der Waals surface area contributed by atoms with Crippen LogP contribution in [0.4, 0.5) is 17.1 Å². The lowest BCUT2D eigenvalue weighted by Crippen LogP contribution is -1.96. The molecule has 0 aliphatic heterocycles. The predicted octanol–water partition coefficient (Wildman–Crippen LogP) is 2.95. The van der Waals surface area contributed by atoms with Gasteiger partial charge in [-0.15, -0.1) is 0 Å². The largest absolute Gasteiger partial charge is 0.278 e. The Bertz CT molecular complexity index is 715. The van der Waals surface area contributed by atoms with E-state index in [0.717, 1.165) is 0 Å². The summed E-state index contributed by atoms with van der Waals surface area (Å²) in [7, 11) is 0. The van der Waals surface area contributed by atoms with E-state index in [1.54, 1.807) is 24.3 Å². The molecule has 8 heteroatoms. The molecule has 0 aliphatic rings. The maximum absolute atomic E-state index is 10.8. The molecule has 1 N–H and O–H groups in total. The van der Waals surface area contributed by atoms with Gasteiger partial charge in [0.25, 0.3) is 11.4 Å². The summed E-state index contributed by atoms with van der Waals surface area (Å²) in [6.45, 7) is 0. The summed E-state index contributed by atoms with van der Waals surface area (Å²) in [4.78, 5) is 20.4. The van der Waals surface area contributed by atoms with E-state index in [-0.39, 0.29) is 11.4 Å². The Hall–Kier alpha value is -3.29. The number of nitro benzene ring substituents is 2. The van der Waals surface area contributed by atoms with Crippen LogP contribution in [0.5, 0.6) is 0 Å². The van der Waals surface area contributed by atoms with Gasteiger partial charge >= 0.3 is 0 Å². The van der Waals surface area contributed by atoms with Gasteiger partial charge in [-0.3, -0.25) is 25.7 Å². The number of nitrogens with one attached hydrogen (secondary N) is 1. The van der Waals surface area contributed by atoms with Gasteiger partial charge in [-0.05, 0) is 12.1 Å². The molecule has 0 bridgehead atoms. The minimum absolute atomic E-state index is 0.0675. The highest BCUT2D eigenvalue weighted by Crippen LogP contribution is 2.18. The normalized spacial score (nSPS) is 10.5. The number of anilines is 1. The minimum atomic E-state index is -0.517. The Kier molecular flexibility index (Phi) is 4.20. The number of nitro groups is 2. The molecule has 0 aromatic heterocycles. The Balaban J connectivity index is 2.15. The standard InChI is InChI=1S/C13H10N4O4/c18-16(19)12-6-3-5-11(8-12)15-14-9-10-4-1-2-7-13(10)17(20)21/h1-9,15H. The number of non-ortho nitro benzene ring substituents is 1. The van der Waals surface area contributed by atoms with Crippen LogP contribution >= 0.6 is 0 Å². The lowest BCUT2D eigenvalue weighted by Gasteiger charge is -2.00. The maximum atomic E-state index is 10.8. The van der Waals surface area contributed by atoms with E-state index in [0.29, 0.717) is 11.3 Å². The first-order valence-electron chi connectivity index (χ1n) is 5.85. The summed E-state index contributed by atoms with van der Waals surface area (Å²) in [6, 6.07) is 11.9. The molecule has 106 valence electrons. The molecule has 0 heterocycles. The predicted molar refractivity (Wildman–Crippen MR) is 77.4 cm³/mol. The fraction of sp³-hybridized carbons (Fsp3) is 0. The molecule has 0 spiro atoms. The molecule has 2 aromatic rings. The number of hydrogen-bond donors (Lipinski definition) is 1. The van der Waals surface area contributed by atoms with Gasteiger partial charge in [0.15, 0.2) is 0 Å². The quantitative estimate of drug-likeness (QED) is 0.516. The van der Waals surface area contributed by atoms with Crippen LogP contribution in [0.1, 0.15) is 5.56 Å². The van der Waals surface area contributed by atoms with E-state index >= 15 is 0 Å². The van der Waals surface area contributed by atoms with Crippen molar-refractivity contribution >= 4 is 23.3 Å². The number of hydrazone groups is 1. The van der Waals surface area contributed by atoms with Crippen LogP contribution in [0.25, 0.3) is 0 Å². The third kappa shape index (κ3) is 3.60. The van der Waals surface area contributed by atoms with Crippen molar-refractivity contribution in [3.05, 3.63) is 74.3 Å². The van der Waals surface area contributed by atoms with Gasteiger partial charge in [0.05, 0.1) is 27.3 Å². The molecule has 0 amide bonds.